The molecule has 0 aliphatic heterocycles. The van der Waals surface area contributed by atoms with Gasteiger partial charge in [0.1, 0.15) is 0 Å². The molecule has 0 aromatic heterocycles. The van der Waals surface area contributed by atoms with Crippen molar-refractivity contribution in [1.29, 1.82) is 0 Å². The number of Topliss-reactive ketones (excluding diaryl/α,β-unsaturated/α-hetero) is 1. The zero-order chi connectivity index (χ0) is 19.8. The molecule has 6 heteroatoms. The summed E-state index contributed by atoms with van der Waals surface area (Å²) >= 11 is 5.79. The molecule has 2 aromatic carbocycles. The van der Waals surface area contributed by atoms with E-state index in [-0.39, 0.29) is 30.4 Å². The van der Waals surface area contributed by atoms with E-state index in [0.29, 0.717) is 28.4 Å². The number of hydrogen-bond donors (Lipinski definition) is 1. The molecule has 0 radical (unpaired) electrons. The first kappa shape index (κ1) is 20.6. The number of anilines is 1. The summed E-state index contributed by atoms with van der Waals surface area (Å²) in [7, 11) is 0. The average Bonchev–Trinajstić information content (AvgIpc) is 2.65. The van der Waals surface area contributed by atoms with Gasteiger partial charge < -0.3 is 10.1 Å². The number of halogens is 1. The second-order valence-corrected chi connectivity index (χ2v) is 6.98. The van der Waals surface area contributed by atoms with Gasteiger partial charge in [-0.3, -0.25) is 9.59 Å². The third kappa shape index (κ3) is 6.87. The molecular formula is C21H22ClNO4. The second-order valence-electron chi connectivity index (χ2n) is 6.55. The van der Waals surface area contributed by atoms with Crippen LogP contribution in [0.15, 0.2) is 48.5 Å². The largest absolute Gasteiger partial charge is 0.462 e. The topological polar surface area (TPSA) is 72.5 Å². The van der Waals surface area contributed by atoms with Gasteiger partial charge in [0.15, 0.2) is 5.78 Å². The normalized spacial score (nSPS) is 10.5. The smallest absolute Gasteiger partial charge is 0.338 e. The highest BCUT2D eigenvalue weighted by Gasteiger charge is 2.11. The summed E-state index contributed by atoms with van der Waals surface area (Å²) < 4.78 is 5.15. The molecule has 0 aliphatic rings. The molecule has 0 saturated heterocycles. The molecule has 2 rings (SSSR count). The van der Waals surface area contributed by atoms with Crippen LogP contribution in [0.2, 0.25) is 5.02 Å². The van der Waals surface area contributed by atoms with E-state index in [2.05, 4.69) is 5.32 Å². The van der Waals surface area contributed by atoms with Crippen molar-refractivity contribution in [3.63, 3.8) is 0 Å². The SMILES string of the molecule is CC(C)COC(=O)c1ccc(NC(=O)CCC(=O)c2ccc(Cl)cc2)cc1. The molecule has 1 N–H and O–H groups in total. The van der Waals surface area contributed by atoms with Gasteiger partial charge in [0.25, 0.3) is 0 Å². The zero-order valence-electron chi connectivity index (χ0n) is 15.3. The van der Waals surface area contributed by atoms with Crippen molar-refractivity contribution in [1.82, 2.24) is 0 Å². The fourth-order valence-electron chi connectivity index (χ4n) is 2.25. The first-order valence-corrected chi connectivity index (χ1v) is 9.08. The van der Waals surface area contributed by atoms with E-state index in [9.17, 15) is 14.4 Å². The highest BCUT2D eigenvalue weighted by molar-refractivity contribution is 6.30. The number of hydrogen-bond acceptors (Lipinski definition) is 4. The molecule has 0 unspecified atom stereocenters. The van der Waals surface area contributed by atoms with Gasteiger partial charge in [-0.15, -0.1) is 0 Å². The highest BCUT2D eigenvalue weighted by Crippen LogP contribution is 2.14. The molecule has 1 amide bonds. The summed E-state index contributed by atoms with van der Waals surface area (Å²) in [6.07, 6.45) is 0.173. The maximum atomic E-state index is 12.1. The van der Waals surface area contributed by atoms with Crippen LogP contribution in [0.3, 0.4) is 0 Å². The Morgan fingerprint density at radius 1 is 0.926 bits per heavy atom. The molecule has 5 nitrogen and oxygen atoms in total. The van der Waals surface area contributed by atoms with Crippen LogP contribution in [0.1, 0.15) is 47.4 Å². The van der Waals surface area contributed by atoms with Gasteiger partial charge in [0.05, 0.1) is 12.2 Å². The fourth-order valence-corrected chi connectivity index (χ4v) is 2.37. The maximum absolute atomic E-state index is 12.1. The number of esters is 1. The maximum Gasteiger partial charge on any atom is 0.338 e. The van der Waals surface area contributed by atoms with Crippen molar-refractivity contribution in [2.24, 2.45) is 5.92 Å². The monoisotopic (exact) mass is 387 g/mol. The van der Waals surface area contributed by atoms with E-state index in [4.69, 9.17) is 16.3 Å². The Balaban J connectivity index is 1.82. The summed E-state index contributed by atoms with van der Waals surface area (Å²) in [5.41, 5.74) is 1.50. The summed E-state index contributed by atoms with van der Waals surface area (Å²) in [6.45, 7) is 4.28. The van der Waals surface area contributed by atoms with Crippen LogP contribution in [0.25, 0.3) is 0 Å². The lowest BCUT2D eigenvalue weighted by atomic mass is 10.1. The van der Waals surface area contributed by atoms with E-state index in [1.807, 2.05) is 13.8 Å². The minimum Gasteiger partial charge on any atom is -0.462 e. The number of ether oxygens (including phenoxy) is 1. The van der Waals surface area contributed by atoms with Crippen molar-refractivity contribution in [2.45, 2.75) is 26.7 Å². The van der Waals surface area contributed by atoms with Crippen LogP contribution in [-0.2, 0) is 9.53 Å². The molecule has 142 valence electrons. The quantitative estimate of drug-likeness (QED) is 0.523. The van der Waals surface area contributed by atoms with Crippen LogP contribution in [0.4, 0.5) is 5.69 Å². The number of rotatable bonds is 8. The van der Waals surface area contributed by atoms with Crippen molar-refractivity contribution in [3.8, 4) is 0 Å². The summed E-state index contributed by atoms with van der Waals surface area (Å²) in [4.78, 5) is 36.0. The lowest BCUT2D eigenvalue weighted by molar-refractivity contribution is -0.116. The van der Waals surface area contributed by atoms with Gasteiger partial charge in [-0.2, -0.15) is 0 Å². The van der Waals surface area contributed by atoms with Crippen molar-refractivity contribution in [3.05, 3.63) is 64.7 Å². The number of carbonyl (C=O) groups is 3. The molecule has 2 aromatic rings. The second kappa shape index (κ2) is 9.88. The summed E-state index contributed by atoms with van der Waals surface area (Å²) in [5, 5.41) is 3.27. The van der Waals surface area contributed by atoms with Crippen LogP contribution < -0.4 is 5.32 Å². The molecule has 0 saturated carbocycles. The van der Waals surface area contributed by atoms with Gasteiger partial charge in [0, 0.05) is 29.1 Å². The molecule has 0 spiro atoms. The molecule has 0 aliphatic carbocycles. The molecule has 0 fully saturated rings. The Hall–Kier alpha value is -2.66. The average molecular weight is 388 g/mol. The van der Waals surface area contributed by atoms with Gasteiger partial charge in [-0.05, 0) is 54.4 Å². The first-order valence-electron chi connectivity index (χ1n) is 8.71. The number of amides is 1. The predicted molar refractivity (Wildman–Crippen MR) is 105 cm³/mol. The van der Waals surface area contributed by atoms with Crippen LogP contribution in [-0.4, -0.2) is 24.3 Å². The first-order chi connectivity index (χ1) is 12.8. The predicted octanol–water partition coefficient (Wildman–Crippen LogP) is 4.75. The van der Waals surface area contributed by atoms with E-state index in [1.54, 1.807) is 48.5 Å². The number of benzene rings is 2. The third-order valence-electron chi connectivity index (χ3n) is 3.70. The molecule has 0 bridgehead atoms. The number of ketones is 1. The summed E-state index contributed by atoms with van der Waals surface area (Å²) in [5.74, 6) is -0.518. The third-order valence-corrected chi connectivity index (χ3v) is 3.95. The Labute approximate surface area is 163 Å². The number of nitrogens with one attached hydrogen (secondary N) is 1. The van der Waals surface area contributed by atoms with Gasteiger partial charge in [-0.25, -0.2) is 4.79 Å². The number of carbonyl (C=O) groups excluding carboxylic acids is 3. The lowest BCUT2D eigenvalue weighted by Gasteiger charge is -2.08. The van der Waals surface area contributed by atoms with Crippen LogP contribution in [0, 0.1) is 5.92 Å². The zero-order valence-corrected chi connectivity index (χ0v) is 16.1. The minimum absolute atomic E-state index is 0.0691. The Morgan fingerprint density at radius 3 is 2.11 bits per heavy atom. The van der Waals surface area contributed by atoms with Crippen molar-refractivity contribution in [2.75, 3.05) is 11.9 Å². The minimum atomic E-state index is -0.393. The lowest BCUT2D eigenvalue weighted by Crippen LogP contribution is -2.14. The molecule has 0 atom stereocenters. The fraction of sp³-hybridized carbons (Fsp3) is 0.286. The summed E-state index contributed by atoms with van der Waals surface area (Å²) in [6, 6.07) is 13.0. The van der Waals surface area contributed by atoms with Crippen LogP contribution >= 0.6 is 11.6 Å². The van der Waals surface area contributed by atoms with E-state index in [0.717, 1.165) is 0 Å². The Bertz CT molecular complexity index is 798. The van der Waals surface area contributed by atoms with Gasteiger partial charge >= 0.3 is 5.97 Å². The van der Waals surface area contributed by atoms with Gasteiger partial charge in [-0.1, -0.05) is 25.4 Å². The molecule has 0 heterocycles. The van der Waals surface area contributed by atoms with E-state index < -0.39 is 5.97 Å². The van der Waals surface area contributed by atoms with E-state index >= 15 is 0 Å². The van der Waals surface area contributed by atoms with Crippen molar-refractivity contribution < 1.29 is 19.1 Å². The van der Waals surface area contributed by atoms with E-state index in [1.165, 1.54) is 0 Å². The highest BCUT2D eigenvalue weighted by atomic mass is 35.5. The standard InChI is InChI=1S/C21H22ClNO4/c1-14(2)13-27-21(26)16-5-9-18(10-6-16)23-20(25)12-11-19(24)15-3-7-17(22)8-4-15/h3-10,14H,11-13H2,1-2H3,(H,23,25). The Kier molecular flexibility index (Phi) is 7.55. The van der Waals surface area contributed by atoms with Crippen molar-refractivity contribution >= 4 is 34.9 Å². The van der Waals surface area contributed by atoms with Crippen LogP contribution in [0.5, 0.6) is 0 Å². The molecular weight excluding hydrogens is 366 g/mol. The molecule has 27 heavy (non-hydrogen) atoms. The Morgan fingerprint density at radius 2 is 1.52 bits per heavy atom. The van der Waals surface area contributed by atoms with Gasteiger partial charge in [0.2, 0.25) is 5.91 Å².